The van der Waals surface area contributed by atoms with Gasteiger partial charge in [-0.25, -0.2) is 5.06 Å². The van der Waals surface area contributed by atoms with E-state index in [1.807, 2.05) is 6.92 Å². The molecule has 4 heteroatoms. The molecule has 2 heterocycles. The van der Waals surface area contributed by atoms with Crippen LogP contribution >= 0.6 is 0 Å². The first-order chi connectivity index (χ1) is 6.77. The van der Waals surface area contributed by atoms with Crippen LogP contribution in [0.5, 0.6) is 0 Å². The SMILES string of the molecule is CC1CCC(C(=O)N2CCCCO2)O1. The van der Waals surface area contributed by atoms with Crippen LogP contribution in [-0.2, 0) is 14.4 Å². The predicted molar refractivity (Wildman–Crippen MR) is 50.5 cm³/mol. The number of hydroxylamine groups is 2. The summed E-state index contributed by atoms with van der Waals surface area (Å²) in [5.74, 6) is 0.00838. The molecule has 2 fully saturated rings. The first-order valence-electron chi connectivity index (χ1n) is 5.37. The van der Waals surface area contributed by atoms with E-state index in [1.54, 1.807) is 0 Å². The molecule has 2 unspecified atom stereocenters. The zero-order valence-electron chi connectivity index (χ0n) is 8.57. The molecule has 0 aliphatic carbocycles. The largest absolute Gasteiger partial charge is 0.365 e. The summed E-state index contributed by atoms with van der Waals surface area (Å²) in [5.41, 5.74) is 0. The Kier molecular flexibility index (Phi) is 3.03. The van der Waals surface area contributed by atoms with Crippen molar-refractivity contribution in [1.82, 2.24) is 5.06 Å². The van der Waals surface area contributed by atoms with Crippen LogP contribution in [0.2, 0.25) is 0 Å². The molecule has 0 saturated carbocycles. The average molecular weight is 199 g/mol. The molecule has 0 spiro atoms. The molecular formula is C10H17NO3. The van der Waals surface area contributed by atoms with Gasteiger partial charge in [0.25, 0.3) is 5.91 Å². The summed E-state index contributed by atoms with van der Waals surface area (Å²) in [6.45, 7) is 3.38. The minimum atomic E-state index is -0.261. The number of hydrogen-bond acceptors (Lipinski definition) is 3. The lowest BCUT2D eigenvalue weighted by molar-refractivity contribution is -0.206. The van der Waals surface area contributed by atoms with Crippen LogP contribution < -0.4 is 0 Å². The predicted octanol–water partition coefficient (Wildman–Crippen LogP) is 1.11. The maximum atomic E-state index is 11.8. The van der Waals surface area contributed by atoms with Crippen molar-refractivity contribution in [3.8, 4) is 0 Å². The minimum Gasteiger partial charge on any atom is -0.365 e. The highest BCUT2D eigenvalue weighted by molar-refractivity contribution is 5.80. The smallest absolute Gasteiger partial charge is 0.275 e. The normalized spacial score (nSPS) is 33.4. The molecule has 80 valence electrons. The van der Waals surface area contributed by atoms with Gasteiger partial charge in [0.05, 0.1) is 12.7 Å². The van der Waals surface area contributed by atoms with E-state index in [0.717, 1.165) is 25.7 Å². The lowest BCUT2D eigenvalue weighted by Gasteiger charge is -2.27. The fourth-order valence-corrected chi connectivity index (χ4v) is 1.92. The van der Waals surface area contributed by atoms with Gasteiger partial charge in [-0.05, 0) is 32.6 Å². The summed E-state index contributed by atoms with van der Waals surface area (Å²) in [6, 6.07) is 0. The van der Waals surface area contributed by atoms with E-state index in [9.17, 15) is 4.79 Å². The highest BCUT2D eigenvalue weighted by Gasteiger charge is 2.32. The monoisotopic (exact) mass is 199 g/mol. The van der Waals surface area contributed by atoms with Gasteiger partial charge in [0.2, 0.25) is 0 Å². The molecule has 4 nitrogen and oxygen atoms in total. The van der Waals surface area contributed by atoms with E-state index in [1.165, 1.54) is 5.06 Å². The first kappa shape index (κ1) is 9.93. The van der Waals surface area contributed by atoms with Gasteiger partial charge < -0.3 is 4.74 Å². The van der Waals surface area contributed by atoms with Crippen molar-refractivity contribution in [3.05, 3.63) is 0 Å². The van der Waals surface area contributed by atoms with Gasteiger partial charge in [-0.1, -0.05) is 0 Å². The maximum Gasteiger partial charge on any atom is 0.275 e. The lowest BCUT2D eigenvalue weighted by Crippen LogP contribution is -2.42. The molecule has 0 bridgehead atoms. The Morgan fingerprint density at radius 2 is 2.21 bits per heavy atom. The van der Waals surface area contributed by atoms with Crippen molar-refractivity contribution in [3.63, 3.8) is 0 Å². The van der Waals surface area contributed by atoms with Crippen molar-refractivity contribution < 1.29 is 14.4 Å². The molecule has 2 atom stereocenters. The summed E-state index contributed by atoms with van der Waals surface area (Å²) >= 11 is 0. The second kappa shape index (κ2) is 4.28. The molecule has 2 rings (SSSR count). The standard InChI is InChI=1S/C10H17NO3/c1-8-4-5-9(14-8)10(12)11-6-2-3-7-13-11/h8-9H,2-7H2,1H3. The second-order valence-electron chi connectivity index (χ2n) is 3.99. The highest BCUT2D eigenvalue weighted by Crippen LogP contribution is 2.21. The second-order valence-corrected chi connectivity index (χ2v) is 3.99. The van der Waals surface area contributed by atoms with Crippen molar-refractivity contribution in [1.29, 1.82) is 0 Å². The number of amides is 1. The fraction of sp³-hybridized carbons (Fsp3) is 0.900. The number of ether oxygens (including phenoxy) is 1. The average Bonchev–Trinajstić information content (AvgIpc) is 2.65. The number of nitrogens with zero attached hydrogens (tertiary/aromatic N) is 1. The zero-order chi connectivity index (χ0) is 9.97. The van der Waals surface area contributed by atoms with Gasteiger partial charge in [0, 0.05) is 6.54 Å². The molecule has 0 N–H and O–H groups in total. The van der Waals surface area contributed by atoms with E-state index in [4.69, 9.17) is 9.57 Å². The summed E-state index contributed by atoms with van der Waals surface area (Å²) < 4.78 is 5.51. The van der Waals surface area contributed by atoms with Gasteiger partial charge in [-0.3, -0.25) is 9.63 Å². The lowest BCUT2D eigenvalue weighted by atomic mass is 10.2. The van der Waals surface area contributed by atoms with E-state index in [-0.39, 0.29) is 18.1 Å². The number of carbonyl (C=O) groups excluding carboxylic acids is 1. The Hall–Kier alpha value is -0.610. The summed E-state index contributed by atoms with van der Waals surface area (Å²) in [5, 5.41) is 1.48. The molecule has 0 radical (unpaired) electrons. The van der Waals surface area contributed by atoms with Crippen molar-refractivity contribution in [2.24, 2.45) is 0 Å². The Bertz CT molecular complexity index is 207. The molecule has 14 heavy (non-hydrogen) atoms. The Labute approximate surface area is 84.1 Å². The van der Waals surface area contributed by atoms with Crippen LogP contribution in [0.4, 0.5) is 0 Å². The number of carbonyl (C=O) groups is 1. The third-order valence-corrected chi connectivity index (χ3v) is 2.76. The topological polar surface area (TPSA) is 38.8 Å². The molecule has 2 aliphatic heterocycles. The summed E-state index contributed by atoms with van der Waals surface area (Å²) in [7, 11) is 0. The quantitative estimate of drug-likeness (QED) is 0.635. The molecule has 2 aliphatic rings. The van der Waals surface area contributed by atoms with Crippen LogP contribution in [0.1, 0.15) is 32.6 Å². The first-order valence-corrected chi connectivity index (χ1v) is 5.37. The molecular weight excluding hydrogens is 182 g/mol. The maximum absolute atomic E-state index is 11.8. The third-order valence-electron chi connectivity index (χ3n) is 2.76. The third kappa shape index (κ3) is 2.07. The number of hydrogen-bond donors (Lipinski definition) is 0. The highest BCUT2D eigenvalue weighted by atomic mass is 16.7. The Morgan fingerprint density at radius 1 is 1.36 bits per heavy atom. The minimum absolute atomic E-state index is 0.00838. The molecule has 0 aromatic rings. The fourth-order valence-electron chi connectivity index (χ4n) is 1.92. The molecule has 1 amide bonds. The van der Waals surface area contributed by atoms with Crippen LogP contribution in [0.25, 0.3) is 0 Å². The zero-order valence-corrected chi connectivity index (χ0v) is 8.57. The van der Waals surface area contributed by atoms with Gasteiger partial charge in [-0.15, -0.1) is 0 Å². The van der Waals surface area contributed by atoms with Crippen molar-refractivity contribution in [2.75, 3.05) is 13.2 Å². The van der Waals surface area contributed by atoms with E-state index >= 15 is 0 Å². The summed E-state index contributed by atoms with van der Waals surface area (Å²) in [6.07, 6.45) is 3.85. The molecule has 0 aromatic heterocycles. The molecule has 2 saturated heterocycles. The van der Waals surface area contributed by atoms with Gasteiger partial charge in [0.15, 0.2) is 0 Å². The van der Waals surface area contributed by atoms with E-state index < -0.39 is 0 Å². The summed E-state index contributed by atoms with van der Waals surface area (Å²) in [4.78, 5) is 17.1. The van der Waals surface area contributed by atoms with Gasteiger partial charge >= 0.3 is 0 Å². The Balaban J connectivity index is 1.87. The van der Waals surface area contributed by atoms with Crippen LogP contribution in [0.3, 0.4) is 0 Å². The number of rotatable bonds is 1. The van der Waals surface area contributed by atoms with Gasteiger partial charge in [0.1, 0.15) is 6.10 Å². The van der Waals surface area contributed by atoms with E-state index in [2.05, 4.69) is 0 Å². The van der Waals surface area contributed by atoms with Crippen molar-refractivity contribution >= 4 is 5.91 Å². The van der Waals surface area contributed by atoms with Crippen molar-refractivity contribution in [2.45, 2.75) is 44.8 Å². The van der Waals surface area contributed by atoms with E-state index in [0.29, 0.717) is 13.2 Å². The van der Waals surface area contributed by atoms with Crippen LogP contribution in [0, 0.1) is 0 Å². The van der Waals surface area contributed by atoms with Crippen LogP contribution in [0.15, 0.2) is 0 Å². The van der Waals surface area contributed by atoms with Gasteiger partial charge in [-0.2, -0.15) is 0 Å². The Morgan fingerprint density at radius 3 is 2.79 bits per heavy atom. The molecule has 0 aromatic carbocycles. The van der Waals surface area contributed by atoms with Crippen LogP contribution in [-0.4, -0.2) is 36.3 Å².